The molecular weight excluding hydrogens is 210 g/mol. The molecule has 1 aromatic rings. The van der Waals surface area contributed by atoms with Crippen LogP contribution in [0.5, 0.6) is 0 Å². The monoisotopic (exact) mass is 233 g/mol. The number of nitrogens with one attached hydrogen (secondary N) is 1. The van der Waals surface area contributed by atoms with Gasteiger partial charge in [-0.3, -0.25) is 0 Å². The van der Waals surface area contributed by atoms with E-state index in [2.05, 4.69) is 35.6 Å². The highest BCUT2D eigenvalue weighted by Crippen LogP contribution is 2.36. The van der Waals surface area contributed by atoms with Crippen LogP contribution in [0.4, 0.5) is 0 Å². The molecule has 2 heteroatoms. The molecule has 0 bridgehead atoms. The van der Waals surface area contributed by atoms with E-state index in [1.165, 1.54) is 18.4 Å². The van der Waals surface area contributed by atoms with E-state index < -0.39 is 0 Å². The zero-order chi connectivity index (χ0) is 11.9. The molecule has 0 saturated heterocycles. The van der Waals surface area contributed by atoms with E-state index in [0.29, 0.717) is 0 Å². The van der Waals surface area contributed by atoms with Crippen molar-refractivity contribution in [3.8, 4) is 0 Å². The fraction of sp³-hybridized carbons (Fsp3) is 0.600. The molecular formula is C15H23NO. The lowest BCUT2D eigenvalue weighted by Crippen LogP contribution is -2.40. The van der Waals surface area contributed by atoms with Crippen molar-refractivity contribution in [2.75, 3.05) is 19.8 Å². The van der Waals surface area contributed by atoms with Crippen molar-refractivity contribution in [3.05, 3.63) is 35.9 Å². The van der Waals surface area contributed by atoms with Crippen LogP contribution in [0.3, 0.4) is 0 Å². The molecule has 0 aromatic heterocycles. The van der Waals surface area contributed by atoms with Gasteiger partial charge in [-0.15, -0.1) is 0 Å². The first-order valence-electron chi connectivity index (χ1n) is 6.76. The van der Waals surface area contributed by atoms with Crippen LogP contribution in [0.1, 0.15) is 37.7 Å². The van der Waals surface area contributed by atoms with Gasteiger partial charge in [-0.05, 0) is 44.2 Å². The van der Waals surface area contributed by atoms with Crippen molar-refractivity contribution < 1.29 is 4.74 Å². The largest absolute Gasteiger partial charge is 0.382 e. The van der Waals surface area contributed by atoms with E-state index in [0.717, 1.165) is 38.1 Å². The summed E-state index contributed by atoms with van der Waals surface area (Å²) in [6, 6.07) is 11.6. The average Bonchev–Trinajstić information content (AvgIpc) is 2.32. The molecule has 0 unspecified atom stereocenters. The summed E-state index contributed by atoms with van der Waals surface area (Å²) in [4.78, 5) is 0. The highest BCUT2D eigenvalue weighted by atomic mass is 16.5. The minimum Gasteiger partial charge on any atom is -0.382 e. The molecule has 0 radical (unpaired) electrons. The van der Waals surface area contributed by atoms with E-state index in [1.54, 1.807) is 0 Å². The molecule has 1 fully saturated rings. The highest BCUT2D eigenvalue weighted by molar-refractivity contribution is 5.22. The summed E-state index contributed by atoms with van der Waals surface area (Å²) in [5, 5.41) is 3.60. The summed E-state index contributed by atoms with van der Waals surface area (Å²) < 4.78 is 5.32. The molecule has 0 heterocycles. The van der Waals surface area contributed by atoms with E-state index >= 15 is 0 Å². The standard InChI is InChI=1S/C15H23NO/c1-2-17-10-6-9-16-15-11-14(12-15)13-7-4-3-5-8-13/h3-5,7-8,14-16H,2,6,9-12H2,1H3. The molecule has 1 N–H and O–H groups in total. The third kappa shape index (κ3) is 3.83. The van der Waals surface area contributed by atoms with Gasteiger partial charge in [0.05, 0.1) is 0 Å². The number of ether oxygens (including phenoxy) is 1. The van der Waals surface area contributed by atoms with Crippen LogP contribution in [-0.4, -0.2) is 25.8 Å². The maximum absolute atomic E-state index is 5.32. The second-order valence-corrected chi connectivity index (χ2v) is 4.78. The van der Waals surface area contributed by atoms with Crippen molar-refractivity contribution in [2.45, 2.75) is 38.1 Å². The van der Waals surface area contributed by atoms with Crippen molar-refractivity contribution >= 4 is 0 Å². The van der Waals surface area contributed by atoms with E-state index in [1.807, 2.05) is 6.92 Å². The van der Waals surface area contributed by atoms with Crippen molar-refractivity contribution in [3.63, 3.8) is 0 Å². The zero-order valence-corrected chi connectivity index (χ0v) is 10.7. The minimum absolute atomic E-state index is 0.724. The Kier molecular flexibility index (Phi) is 5.02. The smallest absolute Gasteiger partial charge is 0.0477 e. The SMILES string of the molecule is CCOCCCNC1CC(c2ccccc2)C1. The third-order valence-electron chi connectivity index (χ3n) is 3.51. The van der Waals surface area contributed by atoms with Gasteiger partial charge in [-0.2, -0.15) is 0 Å². The Bertz CT molecular complexity index is 306. The summed E-state index contributed by atoms with van der Waals surface area (Å²) in [6.07, 6.45) is 3.71. The molecule has 17 heavy (non-hydrogen) atoms. The van der Waals surface area contributed by atoms with Crippen LogP contribution in [0.15, 0.2) is 30.3 Å². The molecule has 0 atom stereocenters. The maximum atomic E-state index is 5.32. The molecule has 1 aliphatic carbocycles. The second kappa shape index (κ2) is 6.77. The van der Waals surface area contributed by atoms with E-state index in [-0.39, 0.29) is 0 Å². The molecule has 0 amide bonds. The van der Waals surface area contributed by atoms with Crippen LogP contribution in [0, 0.1) is 0 Å². The second-order valence-electron chi connectivity index (χ2n) is 4.78. The van der Waals surface area contributed by atoms with E-state index in [4.69, 9.17) is 4.74 Å². The van der Waals surface area contributed by atoms with Crippen LogP contribution >= 0.6 is 0 Å². The van der Waals surface area contributed by atoms with Crippen molar-refractivity contribution in [1.29, 1.82) is 0 Å². The van der Waals surface area contributed by atoms with Gasteiger partial charge in [-0.1, -0.05) is 30.3 Å². The van der Waals surface area contributed by atoms with Crippen molar-refractivity contribution in [1.82, 2.24) is 5.32 Å². The Hall–Kier alpha value is -0.860. The first-order chi connectivity index (χ1) is 8.40. The molecule has 94 valence electrons. The Balaban J connectivity index is 1.57. The molecule has 0 spiro atoms. The summed E-state index contributed by atoms with van der Waals surface area (Å²) in [5.74, 6) is 0.778. The van der Waals surface area contributed by atoms with Crippen molar-refractivity contribution in [2.24, 2.45) is 0 Å². The lowest BCUT2D eigenvalue weighted by Gasteiger charge is -2.36. The fourth-order valence-electron chi connectivity index (χ4n) is 2.41. The Morgan fingerprint density at radius 3 is 2.71 bits per heavy atom. The minimum atomic E-state index is 0.724. The summed E-state index contributed by atoms with van der Waals surface area (Å²) >= 11 is 0. The van der Waals surface area contributed by atoms with Gasteiger partial charge in [0.15, 0.2) is 0 Å². The maximum Gasteiger partial charge on any atom is 0.0477 e. The number of hydrogen-bond acceptors (Lipinski definition) is 2. The highest BCUT2D eigenvalue weighted by Gasteiger charge is 2.29. The average molecular weight is 233 g/mol. The first-order valence-corrected chi connectivity index (χ1v) is 6.76. The fourth-order valence-corrected chi connectivity index (χ4v) is 2.41. The Morgan fingerprint density at radius 2 is 2.00 bits per heavy atom. The lowest BCUT2D eigenvalue weighted by atomic mass is 9.76. The first kappa shape index (κ1) is 12.6. The van der Waals surface area contributed by atoms with E-state index in [9.17, 15) is 0 Å². The van der Waals surface area contributed by atoms with Gasteiger partial charge < -0.3 is 10.1 Å². The number of rotatable bonds is 7. The topological polar surface area (TPSA) is 21.3 Å². The predicted octanol–water partition coefficient (Wildman–Crippen LogP) is 2.95. The van der Waals surface area contributed by atoms with Gasteiger partial charge in [0, 0.05) is 19.3 Å². The zero-order valence-electron chi connectivity index (χ0n) is 10.7. The predicted molar refractivity (Wildman–Crippen MR) is 71.3 cm³/mol. The molecule has 0 aliphatic heterocycles. The molecule has 1 aromatic carbocycles. The van der Waals surface area contributed by atoms with Gasteiger partial charge in [0.1, 0.15) is 0 Å². The Labute approximate surface area is 104 Å². The van der Waals surface area contributed by atoms with Crippen LogP contribution < -0.4 is 5.32 Å². The van der Waals surface area contributed by atoms with Crippen LogP contribution in [-0.2, 0) is 4.74 Å². The Morgan fingerprint density at radius 1 is 1.24 bits per heavy atom. The lowest BCUT2D eigenvalue weighted by molar-refractivity contribution is 0.142. The molecule has 1 saturated carbocycles. The normalized spacial score (nSPS) is 23.4. The molecule has 2 rings (SSSR count). The number of benzene rings is 1. The van der Waals surface area contributed by atoms with Gasteiger partial charge in [-0.25, -0.2) is 0 Å². The number of hydrogen-bond donors (Lipinski definition) is 1. The summed E-state index contributed by atoms with van der Waals surface area (Å²) in [7, 11) is 0. The quantitative estimate of drug-likeness (QED) is 0.731. The molecule has 1 aliphatic rings. The van der Waals surface area contributed by atoms with Crippen LogP contribution in [0.2, 0.25) is 0 Å². The summed E-state index contributed by atoms with van der Waals surface area (Å²) in [5.41, 5.74) is 1.50. The third-order valence-corrected chi connectivity index (χ3v) is 3.51. The molecule has 2 nitrogen and oxygen atoms in total. The van der Waals surface area contributed by atoms with Gasteiger partial charge in [0.25, 0.3) is 0 Å². The summed E-state index contributed by atoms with van der Waals surface area (Å²) in [6.45, 7) is 4.85. The van der Waals surface area contributed by atoms with Gasteiger partial charge >= 0.3 is 0 Å². The van der Waals surface area contributed by atoms with Gasteiger partial charge in [0.2, 0.25) is 0 Å². The van der Waals surface area contributed by atoms with Crippen LogP contribution in [0.25, 0.3) is 0 Å².